The van der Waals surface area contributed by atoms with Gasteiger partial charge in [-0.3, -0.25) is 4.90 Å². The van der Waals surface area contributed by atoms with Crippen molar-refractivity contribution in [1.82, 2.24) is 9.80 Å². The average Bonchev–Trinajstić information content (AvgIpc) is 2.67. The number of aliphatic hydroxyl groups excluding tert-OH is 1. The Morgan fingerprint density at radius 3 is 2.64 bits per heavy atom. The molecule has 0 saturated carbocycles. The summed E-state index contributed by atoms with van der Waals surface area (Å²) in [6.07, 6.45) is 3.24. The van der Waals surface area contributed by atoms with Gasteiger partial charge in [-0.15, -0.1) is 0 Å². The van der Waals surface area contributed by atoms with Crippen LogP contribution in [0.3, 0.4) is 0 Å². The fraction of sp³-hybridized carbons (Fsp3) is 0.524. The first-order valence-electron chi connectivity index (χ1n) is 9.31. The predicted molar refractivity (Wildman–Crippen MR) is 103 cm³/mol. The van der Waals surface area contributed by atoms with E-state index in [1.807, 2.05) is 0 Å². The topological polar surface area (TPSA) is 35.9 Å². The molecule has 1 aliphatic heterocycles. The maximum atomic E-state index is 9.01. The van der Waals surface area contributed by atoms with Gasteiger partial charge in [0.2, 0.25) is 0 Å². The molecule has 1 N–H and O–H groups in total. The molecule has 25 heavy (non-hydrogen) atoms. The lowest BCUT2D eigenvalue weighted by Crippen LogP contribution is -2.43. The van der Waals surface area contributed by atoms with E-state index in [0.717, 1.165) is 38.3 Å². The van der Waals surface area contributed by atoms with Gasteiger partial charge in [0.1, 0.15) is 5.75 Å². The van der Waals surface area contributed by atoms with Gasteiger partial charge in [0.25, 0.3) is 0 Å². The molecule has 4 nitrogen and oxygen atoms in total. The Labute approximate surface area is 151 Å². The number of rotatable bonds is 7. The zero-order valence-corrected chi connectivity index (χ0v) is 15.4. The summed E-state index contributed by atoms with van der Waals surface area (Å²) < 4.78 is 5.64. The van der Waals surface area contributed by atoms with E-state index in [9.17, 15) is 0 Å². The maximum absolute atomic E-state index is 9.01. The Hall–Kier alpha value is -1.62. The van der Waals surface area contributed by atoms with Crippen LogP contribution in [0, 0.1) is 0 Å². The Bertz CT molecular complexity index is 681. The average molecular weight is 342 g/mol. The van der Waals surface area contributed by atoms with Gasteiger partial charge in [-0.2, -0.15) is 0 Å². The standard InChI is InChI=1S/C21H30N2O2/c1-22(12-5-15-24)18-10-13-23(14-11-18)16-20-19-7-4-3-6-17(19)8-9-21(20)25-2/h3-4,6-9,18,24H,5,10-16H2,1-2H3. The van der Waals surface area contributed by atoms with E-state index in [4.69, 9.17) is 9.84 Å². The lowest BCUT2D eigenvalue weighted by Gasteiger charge is -2.37. The highest BCUT2D eigenvalue weighted by Crippen LogP contribution is 2.30. The third-order valence-electron chi connectivity index (χ3n) is 5.45. The van der Waals surface area contributed by atoms with E-state index in [0.29, 0.717) is 6.04 Å². The molecular weight excluding hydrogens is 312 g/mol. The highest BCUT2D eigenvalue weighted by atomic mass is 16.5. The molecular formula is C21H30N2O2. The van der Waals surface area contributed by atoms with Crippen LogP contribution in [0.25, 0.3) is 10.8 Å². The summed E-state index contributed by atoms with van der Waals surface area (Å²) in [7, 11) is 3.94. The highest BCUT2D eigenvalue weighted by Gasteiger charge is 2.23. The third kappa shape index (κ3) is 4.32. The van der Waals surface area contributed by atoms with E-state index in [1.54, 1.807) is 7.11 Å². The molecule has 0 radical (unpaired) electrons. The number of likely N-dealkylation sites (tertiary alicyclic amines) is 1. The smallest absolute Gasteiger partial charge is 0.123 e. The zero-order valence-electron chi connectivity index (χ0n) is 15.4. The maximum Gasteiger partial charge on any atom is 0.123 e. The Kier molecular flexibility index (Phi) is 6.29. The molecule has 0 atom stereocenters. The minimum absolute atomic E-state index is 0.282. The summed E-state index contributed by atoms with van der Waals surface area (Å²) in [5, 5.41) is 11.6. The molecule has 3 rings (SSSR count). The largest absolute Gasteiger partial charge is 0.496 e. The summed E-state index contributed by atoms with van der Waals surface area (Å²) in [5.74, 6) is 0.987. The van der Waals surface area contributed by atoms with E-state index in [1.165, 1.54) is 29.2 Å². The van der Waals surface area contributed by atoms with Crippen molar-refractivity contribution in [1.29, 1.82) is 0 Å². The van der Waals surface area contributed by atoms with Crippen molar-refractivity contribution in [3.8, 4) is 5.75 Å². The number of aliphatic hydroxyl groups is 1. The molecule has 0 bridgehead atoms. The van der Waals surface area contributed by atoms with Crippen molar-refractivity contribution in [2.24, 2.45) is 0 Å². The molecule has 0 aromatic heterocycles. The minimum atomic E-state index is 0.282. The second-order valence-electron chi connectivity index (χ2n) is 7.03. The molecule has 2 aromatic rings. The van der Waals surface area contributed by atoms with E-state index < -0.39 is 0 Å². The van der Waals surface area contributed by atoms with Gasteiger partial charge in [-0.25, -0.2) is 0 Å². The molecule has 1 saturated heterocycles. The second kappa shape index (κ2) is 8.65. The monoisotopic (exact) mass is 342 g/mol. The van der Waals surface area contributed by atoms with Crippen LogP contribution in [0.1, 0.15) is 24.8 Å². The van der Waals surface area contributed by atoms with Gasteiger partial charge in [0, 0.05) is 31.3 Å². The van der Waals surface area contributed by atoms with Crippen molar-refractivity contribution in [2.45, 2.75) is 31.8 Å². The van der Waals surface area contributed by atoms with Crippen molar-refractivity contribution in [3.05, 3.63) is 42.0 Å². The summed E-state index contributed by atoms with van der Waals surface area (Å²) in [5.41, 5.74) is 1.30. The third-order valence-corrected chi connectivity index (χ3v) is 5.45. The molecule has 1 heterocycles. The summed E-state index contributed by atoms with van der Waals surface area (Å²) in [6.45, 7) is 4.43. The van der Waals surface area contributed by atoms with Crippen LogP contribution in [-0.4, -0.2) is 61.3 Å². The number of hydrogen-bond acceptors (Lipinski definition) is 4. The van der Waals surface area contributed by atoms with Crippen LogP contribution in [0.4, 0.5) is 0 Å². The first kappa shape index (κ1) is 18.2. The molecule has 2 aromatic carbocycles. The molecule has 1 fully saturated rings. The van der Waals surface area contributed by atoms with Gasteiger partial charge in [-0.05, 0) is 56.2 Å². The number of methoxy groups -OCH3 is 1. The quantitative estimate of drug-likeness (QED) is 0.839. The first-order chi connectivity index (χ1) is 12.2. The lowest BCUT2D eigenvalue weighted by atomic mass is 10.00. The van der Waals surface area contributed by atoms with Crippen LogP contribution in [-0.2, 0) is 6.54 Å². The Morgan fingerprint density at radius 1 is 1.16 bits per heavy atom. The molecule has 0 aliphatic carbocycles. The molecule has 1 aliphatic rings. The fourth-order valence-corrected chi connectivity index (χ4v) is 3.91. The normalized spacial score (nSPS) is 16.6. The van der Waals surface area contributed by atoms with E-state index >= 15 is 0 Å². The predicted octanol–water partition coefficient (Wildman–Crippen LogP) is 3.13. The number of benzene rings is 2. The SMILES string of the molecule is COc1ccc2ccccc2c1CN1CCC(N(C)CCCO)CC1. The van der Waals surface area contributed by atoms with Crippen LogP contribution >= 0.6 is 0 Å². The van der Waals surface area contributed by atoms with Gasteiger partial charge in [0.15, 0.2) is 0 Å². The van der Waals surface area contributed by atoms with Crippen molar-refractivity contribution in [2.75, 3.05) is 40.4 Å². The van der Waals surface area contributed by atoms with Crippen molar-refractivity contribution >= 4 is 10.8 Å². The van der Waals surface area contributed by atoms with Gasteiger partial charge in [0.05, 0.1) is 7.11 Å². The minimum Gasteiger partial charge on any atom is -0.496 e. The zero-order chi connectivity index (χ0) is 17.6. The Morgan fingerprint density at radius 2 is 1.92 bits per heavy atom. The van der Waals surface area contributed by atoms with Crippen molar-refractivity contribution in [3.63, 3.8) is 0 Å². The number of fused-ring (bicyclic) bond motifs is 1. The van der Waals surface area contributed by atoms with Crippen molar-refractivity contribution < 1.29 is 9.84 Å². The summed E-state index contributed by atoms with van der Waals surface area (Å²) in [4.78, 5) is 4.95. The number of piperidine rings is 1. The van der Waals surface area contributed by atoms with Crippen LogP contribution in [0.5, 0.6) is 5.75 Å². The number of hydrogen-bond donors (Lipinski definition) is 1. The van der Waals surface area contributed by atoms with E-state index in [2.05, 4.69) is 53.2 Å². The van der Waals surface area contributed by atoms with Crippen LogP contribution < -0.4 is 4.74 Å². The molecule has 0 unspecified atom stereocenters. The fourth-order valence-electron chi connectivity index (χ4n) is 3.91. The lowest BCUT2D eigenvalue weighted by molar-refractivity contribution is 0.117. The van der Waals surface area contributed by atoms with Gasteiger partial charge >= 0.3 is 0 Å². The van der Waals surface area contributed by atoms with Gasteiger partial charge in [-0.1, -0.05) is 30.3 Å². The number of ether oxygens (including phenoxy) is 1. The highest BCUT2D eigenvalue weighted by molar-refractivity contribution is 5.87. The van der Waals surface area contributed by atoms with Crippen LogP contribution in [0.15, 0.2) is 36.4 Å². The summed E-state index contributed by atoms with van der Waals surface area (Å²) in [6, 6.07) is 13.4. The summed E-state index contributed by atoms with van der Waals surface area (Å²) >= 11 is 0. The van der Waals surface area contributed by atoms with Gasteiger partial charge < -0.3 is 14.7 Å². The van der Waals surface area contributed by atoms with Crippen LogP contribution in [0.2, 0.25) is 0 Å². The molecule has 0 amide bonds. The number of nitrogens with zero attached hydrogens (tertiary/aromatic N) is 2. The first-order valence-corrected chi connectivity index (χ1v) is 9.31. The molecule has 136 valence electrons. The molecule has 4 heteroatoms. The molecule has 0 spiro atoms. The van der Waals surface area contributed by atoms with E-state index in [-0.39, 0.29) is 6.61 Å². The Balaban J connectivity index is 1.67. The second-order valence-corrected chi connectivity index (χ2v) is 7.03.